The molecular weight excluding hydrogens is 207 g/mol. The molecule has 4 heteroatoms. The van der Waals surface area contributed by atoms with Crippen molar-refractivity contribution in [2.75, 3.05) is 10.6 Å². The summed E-state index contributed by atoms with van der Waals surface area (Å²) in [6.45, 7) is 1.91. The molecular formula is C12H13FN2O. The van der Waals surface area contributed by atoms with Crippen molar-refractivity contribution in [1.82, 2.24) is 0 Å². The Labute approximate surface area is 93.0 Å². The smallest absolute Gasteiger partial charge is 0.250 e. The van der Waals surface area contributed by atoms with Crippen LogP contribution in [0.25, 0.3) is 0 Å². The molecule has 0 radical (unpaired) electrons. The number of halogens is 1. The second-order valence-corrected chi connectivity index (χ2v) is 4.75. The Balaban J connectivity index is 2.01. The van der Waals surface area contributed by atoms with E-state index in [1.165, 1.54) is 12.1 Å². The highest BCUT2D eigenvalue weighted by Crippen LogP contribution is 2.45. The van der Waals surface area contributed by atoms with E-state index in [-0.39, 0.29) is 11.7 Å². The molecule has 1 aliphatic heterocycles. The normalized spacial score (nSPS) is 28.0. The molecule has 1 aromatic carbocycles. The van der Waals surface area contributed by atoms with Crippen molar-refractivity contribution in [3.8, 4) is 0 Å². The van der Waals surface area contributed by atoms with E-state index in [0.717, 1.165) is 18.5 Å². The van der Waals surface area contributed by atoms with Crippen molar-refractivity contribution < 1.29 is 9.18 Å². The maximum Gasteiger partial charge on any atom is 0.250 e. The number of hydrogen-bond acceptors (Lipinski definition) is 2. The first kappa shape index (κ1) is 9.63. The Morgan fingerprint density at radius 2 is 2.12 bits per heavy atom. The minimum Gasteiger partial charge on any atom is -0.370 e. The summed E-state index contributed by atoms with van der Waals surface area (Å²) >= 11 is 0. The number of amides is 1. The van der Waals surface area contributed by atoms with Crippen LogP contribution < -0.4 is 10.6 Å². The van der Waals surface area contributed by atoms with Crippen LogP contribution in [0, 0.1) is 11.7 Å². The lowest BCUT2D eigenvalue weighted by atomic mass is 9.91. The Kier molecular flexibility index (Phi) is 1.79. The maximum absolute atomic E-state index is 13.0. The fourth-order valence-electron chi connectivity index (χ4n) is 2.27. The van der Waals surface area contributed by atoms with Crippen LogP contribution in [-0.2, 0) is 4.79 Å². The number of benzene rings is 1. The quantitative estimate of drug-likeness (QED) is 0.762. The minimum absolute atomic E-state index is 0.0619. The summed E-state index contributed by atoms with van der Waals surface area (Å²) in [5, 5.41) is 6.00. The molecule has 3 nitrogen and oxygen atoms in total. The number of carbonyl (C=O) groups excluding carboxylic acids is 1. The van der Waals surface area contributed by atoms with Gasteiger partial charge in [0.1, 0.15) is 11.4 Å². The third-order valence-electron chi connectivity index (χ3n) is 3.49. The molecule has 1 aromatic rings. The fourth-order valence-corrected chi connectivity index (χ4v) is 2.27. The monoisotopic (exact) mass is 220 g/mol. The maximum atomic E-state index is 13.0. The summed E-state index contributed by atoms with van der Waals surface area (Å²) in [6, 6.07) is 4.41. The summed E-state index contributed by atoms with van der Waals surface area (Å²) < 4.78 is 13.0. The molecule has 2 N–H and O–H groups in total. The number of carbonyl (C=O) groups is 1. The molecule has 3 rings (SSSR count). The van der Waals surface area contributed by atoms with E-state index < -0.39 is 5.54 Å². The van der Waals surface area contributed by atoms with Gasteiger partial charge < -0.3 is 10.6 Å². The van der Waals surface area contributed by atoms with Gasteiger partial charge in [0.25, 0.3) is 0 Å². The number of nitrogens with one attached hydrogen (secondary N) is 2. The van der Waals surface area contributed by atoms with Gasteiger partial charge in [0.2, 0.25) is 5.91 Å². The molecule has 1 fully saturated rings. The zero-order valence-electron chi connectivity index (χ0n) is 9.01. The zero-order chi connectivity index (χ0) is 11.3. The van der Waals surface area contributed by atoms with Gasteiger partial charge in [0.05, 0.1) is 11.4 Å². The Hall–Kier alpha value is -1.58. The molecule has 1 atom stereocenters. The topological polar surface area (TPSA) is 41.1 Å². The molecule has 0 aromatic heterocycles. The van der Waals surface area contributed by atoms with Crippen molar-refractivity contribution in [1.29, 1.82) is 0 Å². The van der Waals surface area contributed by atoms with Gasteiger partial charge in [-0.1, -0.05) is 0 Å². The lowest BCUT2D eigenvalue weighted by Gasteiger charge is -2.36. The third-order valence-corrected chi connectivity index (χ3v) is 3.49. The van der Waals surface area contributed by atoms with Gasteiger partial charge in [-0.2, -0.15) is 0 Å². The summed E-state index contributed by atoms with van der Waals surface area (Å²) in [4.78, 5) is 12.0. The van der Waals surface area contributed by atoms with Crippen molar-refractivity contribution in [3.05, 3.63) is 24.0 Å². The predicted octanol–water partition coefficient (Wildman–Crippen LogP) is 2.36. The average molecular weight is 220 g/mol. The van der Waals surface area contributed by atoms with E-state index in [1.54, 1.807) is 6.07 Å². The van der Waals surface area contributed by atoms with Crippen LogP contribution in [-0.4, -0.2) is 11.4 Å². The lowest BCUT2D eigenvalue weighted by molar-refractivity contribution is -0.120. The van der Waals surface area contributed by atoms with Crippen molar-refractivity contribution in [3.63, 3.8) is 0 Å². The van der Waals surface area contributed by atoms with Gasteiger partial charge in [-0.25, -0.2) is 4.39 Å². The standard InChI is InChI=1S/C12H13FN2O/c1-12(7-2-3-7)11(16)14-10-6-8(13)4-5-9(10)15-12/h4-7,15H,2-3H2,1H3,(H,14,16). The van der Waals surface area contributed by atoms with Gasteiger partial charge >= 0.3 is 0 Å². The highest BCUT2D eigenvalue weighted by Gasteiger charge is 2.49. The summed E-state index contributed by atoms with van der Waals surface area (Å²) in [5.41, 5.74) is 0.795. The first-order valence-corrected chi connectivity index (χ1v) is 5.49. The van der Waals surface area contributed by atoms with Crippen LogP contribution in [0.1, 0.15) is 19.8 Å². The van der Waals surface area contributed by atoms with E-state index in [9.17, 15) is 9.18 Å². The van der Waals surface area contributed by atoms with Crippen LogP contribution in [0.5, 0.6) is 0 Å². The summed E-state index contributed by atoms with van der Waals surface area (Å²) in [6.07, 6.45) is 2.15. The number of fused-ring (bicyclic) bond motifs is 1. The first-order chi connectivity index (χ1) is 7.59. The van der Waals surface area contributed by atoms with Crippen LogP contribution in [0.4, 0.5) is 15.8 Å². The largest absolute Gasteiger partial charge is 0.370 e. The van der Waals surface area contributed by atoms with Gasteiger partial charge in [0.15, 0.2) is 0 Å². The predicted molar refractivity (Wildman–Crippen MR) is 59.8 cm³/mol. The molecule has 0 saturated heterocycles. The van der Waals surface area contributed by atoms with Crippen molar-refractivity contribution in [2.24, 2.45) is 5.92 Å². The van der Waals surface area contributed by atoms with Crippen LogP contribution >= 0.6 is 0 Å². The second kappa shape index (κ2) is 2.97. The number of hydrogen-bond donors (Lipinski definition) is 2. The zero-order valence-corrected chi connectivity index (χ0v) is 9.01. The molecule has 1 unspecified atom stereocenters. The van der Waals surface area contributed by atoms with Gasteiger partial charge in [-0.15, -0.1) is 0 Å². The molecule has 16 heavy (non-hydrogen) atoms. The Bertz CT molecular complexity index is 470. The van der Waals surface area contributed by atoms with Gasteiger partial charge in [0, 0.05) is 0 Å². The molecule has 1 heterocycles. The van der Waals surface area contributed by atoms with E-state index in [2.05, 4.69) is 10.6 Å². The van der Waals surface area contributed by atoms with E-state index in [1.807, 2.05) is 6.92 Å². The number of anilines is 2. The van der Waals surface area contributed by atoms with Gasteiger partial charge in [-0.3, -0.25) is 4.79 Å². The van der Waals surface area contributed by atoms with Crippen LogP contribution in [0.15, 0.2) is 18.2 Å². The first-order valence-electron chi connectivity index (χ1n) is 5.49. The van der Waals surface area contributed by atoms with E-state index in [4.69, 9.17) is 0 Å². The minimum atomic E-state index is -0.537. The molecule has 1 saturated carbocycles. The average Bonchev–Trinajstić information content (AvgIpc) is 3.04. The van der Waals surface area contributed by atoms with Crippen LogP contribution in [0.2, 0.25) is 0 Å². The van der Waals surface area contributed by atoms with Gasteiger partial charge in [-0.05, 0) is 43.9 Å². The lowest BCUT2D eigenvalue weighted by Crippen LogP contribution is -2.51. The Morgan fingerprint density at radius 3 is 2.81 bits per heavy atom. The van der Waals surface area contributed by atoms with Crippen LogP contribution in [0.3, 0.4) is 0 Å². The highest BCUT2D eigenvalue weighted by atomic mass is 19.1. The Morgan fingerprint density at radius 1 is 1.38 bits per heavy atom. The summed E-state index contributed by atoms with van der Waals surface area (Å²) in [7, 11) is 0. The molecule has 2 aliphatic rings. The second-order valence-electron chi connectivity index (χ2n) is 4.75. The molecule has 1 aliphatic carbocycles. The molecule has 0 spiro atoms. The molecule has 0 bridgehead atoms. The third kappa shape index (κ3) is 1.29. The SMILES string of the molecule is CC1(C2CC2)Nc2ccc(F)cc2NC1=O. The van der Waals surface area contributed by atoms with E-state index >= 15 is 0 Å². The van der Waals surface area contributed by atoms with E-state index in [0.29, 0.717) is 11.6 Å². The number of rotatable bonds is 1. The fraction of sp³-hybridized carbons (Fsp3) is 0.417. The highest BCUT2D eigenvalue weighted by molar-refractivity contribution is 6.06. The summed E-state index contributed by atoms with van der Waals surface area (Å²) in [5.74, 6) is -0.00493. The van der Waals surface area contributed by atoms with Crippen molar-refractivity contribution in [2.45, 2.75) is 25.3 Å². The molecule has 1 amide bonds. The van der Waals surface area contributed by atoms with Crippen molar-refractivity contribution >= 4 is 17.3 Å². The molecule has 84 valence electrons.